The molecule has 8 nitrogen and oxygen atoms in total. The predicted molar refractivity (Wildman–Crippen MR) is 127 cm³/mol. The molecule has 0 unspecified atom stereocenters. The lowest BCUT2D eigenvalue weighted by Gasteiger charge is -2.13. The van der Waals surface area contributed by atoms with Crippen LogP contribution in [0.25, 0.3) is 0 Å². The van der Waals surface area contributed by atoms with E-state index in [-0.39, 0.29) is 36.3 Å². The van der Waals surface area contributed by atoms with Crippen molar-refractivity contribution in [3.8, 4) is 11.5 Å². The molecule has 0 saturated carbocycles. The van der Waals surface area contributed by atoms with E-state index in [9.17, 15) is 4.79 Å². The molecule has 9 heteroatoms. The van der Waals surface area contributed by atoms with Crippen LogP contribution in [0.5, 0.6) is 11.5 Å². The van der Waals surface area contributed by atoms with Crippen LogP contribution in [0.15, 0.2) is 41.5 Å². The molecule has 29 heavy (non-hydrogen) atoms. The number of anilines is 2. The molecule has 1 aromatic heterocycles. The summed E-state index contributed by atoms with van der Waals surface area (Å²) in [5.74, 6) is 2.25. The van der Waals surface area contributed by atoms with Gasteiger partial charge in [-0.3, -0.25) is 9.79 Å². The average Bonchev–Trinajstić information content (AvgIpc) is 2.69. The van der Waals surface area contributed by atoms with Crippen LogP contribution in [0, 0.1) is 6.92 Å². The molecule has 158 valence electrons. The monoisotopic (exact) mass is 513 g/mol. The number of nitrogens with one attached hydrogen (secondary N) is 3. The number of carbonyl (C=O) groups excluding carboxylic acids is 1. The van der Waals surface area contributed by atoms with Gasteiger partial charge in [-0.25, -0.2) is 4.98 Å². The molecule has 3 N–H and O–H groups in total. The Morgan fingerprint density at radius 1 is 1.10 bits per heavy atom. The maximum absolute atomic E-state index is 12.1. The van der Waals surface area contributed by atoms with Gasteiger partial charge in [-0.2, -0.15) is 0 Å². The van der Waals surface area contributed by atoms with Crippen molar-refractivity contribution in [3.05, 3.63) is 42.1 Å². The van der Waals surface area contributed by atoms with Crippen LogP contribution in [0.3, 0.4) is 0 Å². The Bertz CT molecular complexity index is 812. The number of hydrogen-bond acceptors (Lipinski definition) is 5. The van der Waals surface area contributed by atoms with Crippen molar-refractivity contribution in [2.75, 3.05) is 37.9 Å². The van der Waals surface area contributed by atoms with Crippen molar-refractivity contribution in [2.24, 2.45) is 4.99 Å². The third-order valence-electron chi connectivity index (χ3n) is 3.78. The van der Waals surface area contributed by atoms with Crippen molar-refractivity contribution in [1.29, 1.82) is 0 Å². The van der Waals surface area contributed by atoms with Gasteiger partial charge in [0.05, 0.1) is 20.8 Å². The average molecular weight is 513 g/mol. The van der Waals surface area contributed by atoms with Gasteiger partial charge < -0.3 is 25.4 Å². The molecule has 0 aliphatic rings. The molecule has 0 fully saturated rings. The van der Waals surface area contributed by atoms with Gasteiger partial charge in [-0.05, 0) is 37.6 Å². The van der Waals surface area contributed by atoms with Crippen molar-refractivity contribution >= 4 is 47.3 Å². The van der Waals surface area contributed by atoms with Crippen LogP contribution in [0.4, 0.5) is 11.5 Å². The summed E-state index contributed by atoms with van der Waals surface area (Å²) in [6, 6.07) is 9.18. The second-order valence-corrected chi connectivity index (χ2v) is 5.97. The van der Waals surface area contributed by atoms with E-state index in [1.165, 1.54) is 0 Å². The number of amides is 1. The molecule has 0 aliphatic heterocycles. The number of aromatic nitrogens is 1. The summed E-state index contributed by atoms with van der Waals surface area (Å²) in [5.41, 5.74) is 1.84. The van der Waals surface area contributed by atoms with Gasteiger partial charge in [0.2, 0.25) is 5.91 Å². The molecule has 0 radical (unpaired) electrons. The molecule has 0 saturated heterocycles. The zero-order valence-corrected chi connectivity index (χ0v) is 19.4. The number of aryl methyl sites for hydroxylation is 1. The number of hydrogen-bond donors (Lipinski definition) is 3. The largest absolute Gasteiger partial charge is 0.493 e. The van der Waals surface area contributed by atoms with Crippen LogP contribution in [-0.2, 0) is 4.79 Å². The summed E-state index contributed by atoms with van der Waals surface area (Å²) < 4.78 is 10.6. The molecule has 0 bridgehead atoms. The zero-order valence-electron chi connectivity index (χ0n) is 17.1. The first-order valence-corrected chi connectivity index (χ1v) is 9.05. The van der Waals surface area contributed by atoms with Crippen LogP contribution >= 0.6 is 24.0 Å². The number of aliphatic imine (C=N–C) groups is 1. The Kier molecular flexibility index (Phi) is 10.8. The minimum absolute atomic E-state index is 0. The standard InChI is InChI=1S/C20H27N5O3.HI/c1-5-21-20(24-15-7-8-16(27-3)17(12-15)28-4)22-11-10-19(26)25-18-9-6-14(2)13-23-18;/h6-9,12-13H,5,10-11H2,1-4H3,(H2,21,22,24)(H,23,25,26);1H. The van der Waals surface area contributed by atoms with Crippen LogP contribution in [0.1, 0.15) is 18.9 Å². The molecule has 2 aromatic rings. The SMILES string of the molecule is CCNC(=NCCC(=O)Nc1ccc(C)cn1)Nc1ccc(OC)c(OC)c1.I. The van der Waals surface area contributed by atoms with E-state index in [2.05, 4.69) is 25.9 Å². The lowest BCUT2D eigenvalue weighted by Crippen LogP contribution is -2.31. The van der Waals surface area contributed by atoms with Gasteiger partial charge in [0.25, 0.3) is 0 Å². The molecular formula is C20H28IN5O3. The lowest BCUT2D eigenvalue weighted by atomic mass is 10.2. The maximum Gasteiger partial charge on any atom is 0.227 e. The van der Waals surface area contributed by atoms with Gasteiger partial charge in [0.1, 0.15) is 5.82 Å². The van der Waals surface area contributed by atoms with Gasteiger partial charge in [-0.1, -0.05) is 6.07 Å². The highest BCUT2D eigenvalue weighted by Gasteiger charge is 2.07. The Balaban J connectivity index is 0.00000420. The lowest BCUT2D eigenvalue weighted by molar-refractivity contribution is -0.116. The number of rotatable bonds is 8. The van der Waals surface area contributed by atoms with Gasteiger partial charge in [0, 0.05) is 30.9 Å². The quantitative estimate of drug-likeness (QED) is 0.285. The highest BCUT2D eigenvalue weighted by atomic mass is 127. The fourth-order valence-electron chi connectivity index (χ4n) is 2.37. The second kappa shape index (κ2) is 12.8. The van der Waals surface area contributed by atoms with E-state index in [0.29, 0.717) is 36.4 Å². The first-order valence-electron chi connectivity index (χ1n) is 9.05. The smallest absolute Gasteiger partial charge is 0.227 e. The third-order valence-corrected chi connectivity index (χ3v) is 3.78. The Morgan fingerprint density at radius 2 is 1.86 bits per heavy atom. The molecule has 1 aromatic carbocycles. The fraction of sp³-hybridized carbons (Fsp3) is 0.350. The summed E-state index contributed by atoms with van der Waals surface area (Å²) in [5, 5.41) is 9.11. The Hall–Kier alpha value is -2.56. The summed E-state index contributed by atoms with van der Waals surface area (Å²) in [6.45, 7) is 4.95. The Morgan fingerprint density at radius 3 is 2.48 bits per heavy atom. The van der Waals surface area contributed by atoms with Crippen LogP contribution < -0.4 is 25.4 Å². The first-order chi connectivity index (χ1) is 13.5. The highest BCUT2D eigenvalue weighted by molar-refractivity contribution is 14.0. The summed E-state index contributed by atoms with van der Waals surface area (Å²) in [4.78, 5) is 20.7. The molecule has 1 heterocycles. The molecule has 2 rings (SSSR count). The molecule has 1 amide bonds. The van der Waals surface area contributed by atoms with Crippen molar-refractivity contribution in [1.82, 2.24) is 10.3 Å². The topological polar surface area (TPSA) is 96.9 Å². The summed E-state index contributed by atoms with van der Waals surface area (Å²) in [6.07, 6.45) is 1.96. The second-order valence-electron chi connectivity index (χ2n) is 5.97. The van der Waals surface area contributed by atoms with Gasteiger partial charge in [0.15, 0.2) is 17.5 Å². The third kappa shape index (κ3) is 8.14. The van der Waals surface area contributed by atoms with E-state index in [1.807, 2.05) is 38.1 Å². The number of ether oxygens (including phenoxy) is 2. The summed E-state index contributed by atoms with van der Waals surface area (Å²) in [7, 11) is 3.18. The van der Waals surface area contributed by atoms with E-state index in [4.69, 9.17) is 9.47 Å². The molecule has 0 spiro atoms. The molecule has 0 atom stereocenters. The van der Waals surface area contributed by atoms with Crippen molar-refractivity contribution in [3.63, 3.8) is 0 Å². The maximum atomic E-state index is 12.1. The number of nitrogens with zero attached hydrogens (tertiary/aromatic N) is 2. The fourth-order valence-corrected chi connectivity index (χ4v) is 2.37. The number of methoxy groups -OCH3 is 2. The summed E-state index contributed by atoms with van der Waals surface area (Å²) >= 11 is 0. The minimum atomic E-state index is -0.137. The van der Waals surface area contributed by atoms with Crippen molar-refractivity contribution < 1.29 is 14.3 Å². The number of benzene rings is 1. The molecule has 0 aliphatic carbocycles. The van der Waals surface area contributed by atoms with Gasteiger partial charge in [-0.15, -0.1) is 24.0 Å². The highest BCUT2D eigenvalue weighted by Crippen LogP contribution is 2.29. The van der Waals surface area contributed by atoms with E-state index in [1.54, 1.807) is 26.5 Å². The number of halogens is 1. The first kappa shape index (κ1) is 24.5. The Labute approximate surface area is 188 Å². The number of guanidine groups is 1. The van der Waals surface area contributed by atoms with E-state index < -0.39 is 0 Å². The molecular weight excluding hydrogens is 485 g/mol. The normalized spacial score (nSPS) is 10.6. The van der Waals surface area contributed by atoms with E-state index in [0.717, 1.165) is 11.3 Å². The van der Waals surface area contributed by atoms with Crippen LogP contribution in [0.2, 0.25) is 0 Å². The number of carbonyl (C=O) groups is 1. The van der Waals surface area contributed by atoms with Gasteiger partial charge >= 0.3 is 0 Å². The van der Waals surface area contributed by atoms with Crippen LogP contribution in [-0.4, -0.2) is 44.2 Å². The number of pyridine rings is 1. The zero-order chi connectivity index (χ0) is 20.4. The van der Waals surface area contributed by atoms with Crippen molar-refractivity contribution in [2.45, 2.75) is 20.3 Å². The van der Waals surface area contributed by atoms with E-state index >= 15 is 0 Å². The predicted octanol–water partition coefficient (Wildman–Crippen LogP) is 3.43. The minimum Gasteiger partial charge on any atom is -0.493 e.